The van der Waals surface area contributed by atoms with Crippen LogP contribution in [0, 0.1) is 0 Å². The molecule has 1 heterocycles. The number of primary amides is 1. The molecule has 0 aliphatic heterocycles. The predicted octanol–water partition coefficient (Wildman–Crippen LogP) is 4.17. The quantitative estimate of drug-likeness (QED) is 0.313. The van der Waals surface area contributed by atoms with E-state index in [4.69, 9.17) is 15.2 Å². The molecule has 9 nitrogen and oxygen atoms in total. The fourth-order valence-corrected chi connectivity index (χ4v) is 4.44. The zero-order chi connectivity index (χ0) is 27.1. The van der Waals surface area contributed by atoms with Gasteiger partial charge in [-0.2, -0.15) is 0 Å². The molecule has 0 spiro atoms. The predicted molar refractivity (Wildman–Crippen MR) is 144 cm³/mol. The van der Waals surface area contributed by atoms with Gasteiger partial charge in [-0.3, -0.25) is 14.6 Å². The molecule has 0 aliphatic rings. The first kappa shape index (κ1) is 27.7. The topological polar surface area (TPSA) is 127 Å². The van der Waals surface area contributed by atoms with Gasteiger partial charge in [-0.15, -0.1) is 0 Å². The first-order chi connectivity index (χ1) is 17.7. The number of rotatable bonds is 12. The van der Waals surface area contributed by atoms with E-state index in [0.29, 0.717) is 54.1 Å². The Kier molecular flexibility index (Phi) is 9.30. The average molecular weight is 509 g/mol. The van der Waals surface area contributed by atoms with Gasteiger partial charge in [0.1, 0.15) is 0 Å². The number of nitrogens with zero attached hydrogens (tertiary/aromatic N) is 2. The SMILES string of the molecule is CCc1c(CO)cccc1Nc1c(C(N)=O)cnc2cc(OCCCN(C(C)=O)C(C)C)c(OC)cc12. The van der Waals surface area contributed by atoms with Crippen molar-refractivity contribution < 1.29 is 24.2 Å². The van der Waals surface area contributed by atoms with Crippen molar-refractivity contribution in [2.24, 2.45) is 5.73 Å². The molecule has 1 aromatic heterocycles. The zero-order valence-electron chi connectivity index (χ0n) is 22.1. The summed E-state index contributed by atoms with van der Waals surface area (Å²) in [6.07, 6.45) is 2.78. The van der Waals surface area contributed by atoms with Crippen molar-refractivity contribution in [3.63, 3.8) is 0 Å². The first-order valence-corrected chi connectivity index (χ1v) is 12.4. The van der Waals surface area contributed by atoms with Crippen LogP contribution in [0.1, 0.15) is 55.6 Å². The monoisotopic (exact) mass is 508 g/mol. The Balaban J connectivity index is 1.97. The van der Waals surface area contributed by atoms with Crippen LogP contribution < -0.4 is 20.5 Å². The number of fused-ring (bicyclic) bond motifs is 1. The van der Waals surface area contributed by atoms with E-state index in [-0.39, 0.29) is 24.1 Å². The van der Waals surface area contributed by atoms with E-state index in [0.717, 1.165) is 16.8 Å². The van der Waals surface area contributed by atoms with Gasteiger partial charge in [0.25, 0.3) is 5.91 Å². The number of aliphatic hydroxyl groups excluding tert-OH is 1. The molecule has 0 unspecified atom stereocenters. The van der Waals surface area contributed by atoms with E-state index >= 15 is 0 Å². The Hall–Kier alpha value is -3.85. The minimum atomic E-state index is -0.618. The Morgan fingerprint density at radius 2 is 1.97 bits per heavy atom. The highest BCUT2D eigenvalue weighted by Crippen LogP contribution is 2.38. The molecule has 2 aromatic carbocycles. The number of pyridine rings is 1. The Morgan fingerprint density at radius 1 is 1.22 bits per heavy atom. The number of hydrogen-bond acceptors (Lipinski definition) is 7. The van der Waals surface area contributed by atoms with Gasteiger partial charge < -0.3 is 30.5 Å². The molecule has 3 aromatic rings. The number of aromatic nitrogens is 1. The van der Waals surface area contributed by atoms with Crippen molar-refractivity contribution >= 4 is 34.1 Å². The molecular formula is C28H36N4O5. The fraction of sp³-hybridized carbons (Fsp3) is 0.393. The molecule has 2 amide bonds. The number of benzene rings is 2. The van der Waals surface area contributed by atoms with Crippen LogP contribution in [0.4, 0.5) is 11.4 Å². The number of nitrogens with one attached hydrogen (secondary N) is 1. The molecule has 37 heavy (non-hydrogen) atoms. The van der Waals surface area contributed by atoms with Crippen molar-refractivity contribution in [3.05, 3.63) is 53.2 Å². The molecule has 0 saturated carbocycles. The van der Waals surface area contributed by atoms with Gasteiger partial charge in [0.15, 0.2) is 11.5 Å². The van der Waals surface area contributed by atoms with Crippen molar-refractivity contribution in [2.75, 3.05) is 25.6 Å². The number of hydrogen-bond donors (Lipinski definition) is 3. The third kappa shape index (κ3) is 6.29. The summed E-state index contributed by atoms with van der Waals surface area (Å²) in [7, 11) is 1.54. The van der Waals surface area contributed by atoms with Crippen molar-refractivity contribution in [3.8, 4) is 11.5 Å². The maximum absolute atomic E-state index is 12.3. The number of nitrogens with two attached hydrogens (primary N) is 1. The number of carbonyl (C=O) groups is 2. The van der Waals surface area contributed by atoms with Crippen LogP contribution in [0.5, 0.6) is 11.5 Å². The molecule has 0 radical (unpaired) electrons. The smallest absolute Gasteiger partial charge is 0.252 e. The molecule has 0 bridgehead atoms. The van der Waals surface area contributed by atoms with E-state index in [1.165, 1.54) is 6.20 Å². The normalized spacial score (nSPS) is 11.0. The van der Waals surface area contributed by atoms with Crippen molar-refractivity contribution in [1.82, 2.24) is 9.88 Å². The Labute approximate surface area is 217 Å². The maximum atomic E-state index is 12.3. The molecule has 198 valence electrons. The summed E-state index contributed by atoms with van der Waals surface area (Å²) in [6.45, 7) is 8.41. The summed E-state index contributed by atoms with van der Waals surface area (Å²) in [5.74, 6) is 0.401. The Bertz CT molecular complexity index is 1280. The molecule has 9 heteroatoms. The van der Waals surface area contributed by atoms with E-state index in [9.17, 15) is 14.7 Å². The van der Waals surface area contributed by atoms with Gasteiger partial charge in [-0.25, -0.2) is 0 Å². The minimum absolute atomic E-state index is 0.0310. The van der Waals surface area contributed by atoms with Gasteiger partial charge in [0, 0.05) is 42.8 Å². The third-order valence-corrected chi connectivity index (χ3v) is 6.30. The molecule has 0 fully saturated rings. The summed E-state index contributed by atoms with van der Waals surface area (Å²) in [5, 5.41) is 13.8. The largest absolute Gasteiger partial charge is 0.493 e. The zero-order valence-corrected chi connectivity index (χ0v) is 22.1. The maximum Gasteiger partial charge on any atom is 0.252 e. The summed E-state index contributed by atoms with van der Waals surface area (Å²) < 4.78 is 11.6. The lowest BCUT2D eigenvalue weighted by molar-refractivity contribution is -0.130. The van der Waals surface area contributed by atoms with Gasteiger partial charge in [-0.1, -0.05) is 19.1 Å². The van der Waals surface area contributed by atoms with Crippen LogP contribution >= 0.6 is 0 Å². The van der Waals surface area contributed by atoms with Gasteiger partial charge in [-0.05, 0) is 49.9 Å². The van der Waals surface area contributed by atoms with Gasteiger partial charge in [0.2, 0.25) is 5.91 Å². The van der Waals surface area contributed by atoms with Crippen molar-refractivity contribution in [1.29, 1.82) is 0 Å². The molecular weight excluding hydrogens is 472 g/mol. The van der Waals surface area contributed by atoms with Crippen LogP contribution in [0.15, 0.2) is 36.5 Å². The van der Waals surface area contributed by atoms with E-state index in [1.807, 2.05) is 39.0 Å². The van der Waals surface area contributed by atoms with Crippen LogP contribution in [0.2, 0.25) is 0 Å². The third-order valence-electron chi connectivity index (χ3n) is 6.30. The summed E-state index contributed by atoms with van der Waals surface area (Å²) in [6, 6.07) is 9.26. The van der Waals surface area contributed by atoms with E-state index in [1.54, 1.807) is 31.1 Å². The lowest BCUT2D eigenvalue weighted by Gasteiger charge is -2.25. The van der Waals surface area contributed by atoms with Crippen molar-refractivity contribution in [2.45, 2.75) is 53.2 Å². The number of amides is 2. The Morgan fingerprint density at radius 3 is 2.57 bits per heavy atom. The number of carbonyl (C=O) groups excluding carboxylic acids is 2. The lowest BCUT2D eigenvalue weighted by atomic mass is 10.0. The first-order valence-electron chi connectivity index (χ1n) is 12.4. The highest BCUT2D eigenvalue weighted by Gasteiger charge is 2.19. The second kappa shape index (κ2) is 12.4. The summed E-state index contributed by atoms with van der Waals surface area (Å²) >= 11 is 0. The highest BCUT2D eigenvalue weighted by molar-refractivity contribution is 6.08. The highest BCUT2D eigenvalue weighted by atomic mass is 16.5. The number of aliphatic hydroxyl groups is 1. The molecule has 0 atom stereocenters. The number of methoxy groups -OCH3 is 1. The summed E-state index contributed by atoms with van der Waals surface area (Å²) in [4.78, 5) is 30.4. The molecule has 3 rings (SSSR count). The van der Waals surface area contributed by atoms with Crippen LogP contribution in [0.25, 0.3) is 10.9 Å². The molecule has 0 aliphatic carbocycles. The van der Waals surface area contributed by atoms with Crippen LogP contribution in [-0.4, -0.2) is 53.1 Å². The summed E-state index contributed by atoms with van der Waals surface area (Å²) in [5.41, 5.74) is 9.53. The van der Waals surface area contributed by atoms with Gasteiger partial charge in [0.05, 0.1) is 37.1 Å². The fourth-order valence-electron chi connectivity index (χ4n) is 4.44. The standard InChI is InChI=1S/C28H36N4O5/c1-6-20-19(16-33)9-7-10-23(20)31-27-21-13-25(36-5)26(14-24(21)30-15-22(27)28(29)35)37-12-8-11-32(17(2)3)18(4)34/h7,9-10,13-15,17,33H,6,8,11-12,16H2,1-5H3,(H2,29,35)(H,30,31). The number of ether oxygens (including phenoxy) is 2. The minimum Gasteiger partial charge on any atom is -0.493 e. The molecule has 0 saturated heterocycles. The van der Waals surface area contributed by atoms with E-state index in [2.05, 4.69) is 10.3 Å². The number of anilines is 2. The van der Waals surface area contributed by atoms with Gasteiger partial charge >= 0.3 is 0 Å². The molecule has 4 N–H and O–H groups in total. The second-order valence-electron chi connectivity index (χ2n) is 9.02. The lowest BCUT2D eigenvalue weighted by Crippen LogP contribution is -2.36. The average Bonchev–Trinajstić information content (AvgIpc) is 2.87. The second-order valence-corrected chi connectivity index (χ2v) is 9.02. The van der Waals surface area contributed by atoms with Crippen LogP contribution in [0.3, 0.4) is 0 Å². The van der Waals surface area contributed by atoms with Crippen LogP contribution in [-0.2, 0) is 17.8 Å². The van der Waals surface area contributed by atoms with E-state index < -0.39 is 5.91 Å².